The van der Waals surface area contributed by atoms with Crippen LogP contribution in [0.2, 0.25) is 0 Å². The third-order valence-corrected chi connectivity index (χ3v) is 7.45. The highest BCUT2D eigenvalue weighted by Crippen LogP contribution is 2.39. The van der Waals surface area contributed by atoms with E-state index in [1.165, 1.54) is 0 Å². The average Bonchev–Trinajstić information content (AvgIpc) is 3.01. The molecule has 0 saturated carbocycles. The zero-order valence-corrected chi connectivity index (χ0v) is 26.7. The van der Waals surface area contributed by atoms with Gasteiger partial charge in [-0.25, -0.2) is 4.79 Å². The molecule has 5 heteroatoms. The Morgan fingerprint density at radius 2 is 1.42 bits per heavy atom. The van der Waals surface area contributed by atoms with Crippen molar-refractivity contribution in [3.63, 3.8) is 0 Å². The standard InChI is InChI=1S/C34H33N3O2.2C2H6/c1-21-10-9-11-22(2)33(21)23(3)35-31(25(5)38)18-26-14-16-29(17-15-26)37-24(4)30-19-27-12-7-8-13-28(27)20-32(30)36(6)34(37)39;2*1-2/h7-17,19-20,31,35,38H,3-5,18H2,1-2,6H3;2*1-2H3. The topological polar surface area (TPSA) is 55.8 Å². The van der Waals surface area contributed by atoms with E-state index in [9.17, 15) is 9.90 Å². The maximum atomic E-state index is 13.4. The van der Waals surface area contributed by atoms with E-state index in [1.807, 2.05) is 108 Å². The van der Waals surface area contributed by atoms with Crippen LogP contribution in [0.25, 0.3) is 22.2 Å². The van der Waals surface area contributed by atoms with Gasteiger partial charge in [0, 0.05) is 23.9 Å². The minimum atomic E-state index is -0.416. The number of hydrogen-bond donors (Lipinski definition) is 2. The molecule has 0 fully saturated rings. The zero-order chi connectivity index (χ0) is 31.8. The van der Waals surface area contributed by atoms with Crippen LogP contribution in [0.15, 0.2) is 104 Å². The monoisotopic (exact) mass is 575 g/mol. The predicted octanol–water partition coefficient (Wildman–Crippen LogP) is 9.80. The van der Waals surface area contributed by atoms with Crippen molar-refractivity contribution < 1.29 is 9.90 Å². The number of anilines is 2. The van der Waals surface area contributed by atoms with Crippen molar-refractivity contribution in [2.24, 2.45) is 0 Å². The highest BCUT2D eigenvalue weighted by atomic mass is 16.3. The fourth-order valence-electron chi connectivity index (χ4n) is 5.33. The van der Waals surface area contributed by atoms with Crippen molar-refractivity contribution in [2.45, 2.75) is 54.0 Å². The first kappa shape index (κ1) is 32.7. The number of benzene rings is 4. The summed E-state index contributed by atoms with van der Waals surface area (Å²) in [4.78, 5) is 16.7. The Balaban J connectivity index is 0.00000121. The third kappa shape index (κ3) is 6.83. The van der Waals surface area contributed by atoms with E-state index in [2.05, 4.69) is 37.2 Å². The molecular weight excluding hydrogens is 530 g/mol. The number of carbonyl (C=O) groups is 1. The van der Waals surface area contributed by atoms with Crippen LogP contribution in [-0.4, -0.2) is 24.2 Å². The van der Waals surface area contributed by atoms with Crippen molar-refractivity contribution in [1.82, 2.24) is 5.32 Å². The minimum Gasteiger partial charge on any atom is -0.511 e. The van der Waals surface area contributed by atoms with Gasteiger partial charge in [0.2, 0.25) is 0 Å². The zero-order valence-electron chi connectivity index (χ0n) is 26.7. The molecule has 4 aromatic rings. The van der Waals surface area contributed by atoms with E-state index in [1.54, 1.807) is 16.8 Å². The van der Waals surface area contributed by atoms with Crippen LogP contribution in [0, 0.1) is 13.8 Å². The minimum absolute atomic E-state index is 0.0384. The Hall–Kier alpha value is -4.77. The fraction of sp³-hybridized carbons (Fsp3) is 0.237. The second-order valence-corrected chi connectivity index (χ2v) is 10.1. The number of hydrogen-bond acceptors (Lipinski definition) is 3. The highest BCUT2D eigenvalue weighted by molar-refractivity contribution is 6.18. The van der Waals surface area contributed by atoms with Crippen molar-refractivity contribution in [2.75, 3.05) is 16.8 Å². The van der Waals surface area contributed by atoms with E-state index >= 15 is 0 Å². The number of nitrogens with one attached hydrogen (secondary N) is 1. The summed E-state index contributed by atoms with van der Waals surface area (Å²) in [5.41, 5.74) is 8.13. The normalized spacial score (nSPS) is 12.8. The molecule has 4 aromatic carbocycles. The molecule has 1 atom stereocenters. The Labute approximate surface area is 257 Å². The first-order valence-electron chi connectivity index (χ1n) is 14.9. The number of amides is 2. The number of aliphatic hydroxyl groups is 1. The van der Waals surface area contributed by atoms with Crippen LogP contribution in [0.1, 0.15) is 55.5 Å². The molecule has 0 aromatic heterocycles. The van der Waals surface area contributed by atoms with Crippen LogP contribution in [-0.2, 0) is 6.42 Å². The second-order valence-electron chi connectivity index (χ2n) is 10.1. The lowest BCUT2D eigenvalue weighted by Crippen LogP contribution is -2.44. The van der Waals surface area contributed by atoms with Crippen molar-refractivity contribution in [3.05, 3.63) is 132 Å². The number of aliphatic hydroxyl groups excluding tert-OH is 1. The van der Waals surface area contributed by atoms with Crippen molar-refractivity contribution >= 4 is 39.6 Å². The van der Waals surface area contributed by atoms with Crippen LogP contribution >= 0.6 is 0 Å². The molecule has 0 bridgehead atoms. The number of rotatable bonds is 7. The van der Waals surface area contributed by atoms with Gasteiger partial charge in [-0.05, 0) is 72.0 Å². The molecule has 0 aliphatic carbocycles. The first-order valence-corrected chi connectivity index (χ1v) is 14.9. The second kappa shape index (κ2) is 14.4. The molecule has 2 amide bonds. The Morgan fingerprint density at radius 1 is 0.860 bits per heavy atom. The molecule has 5 rings (SSSR count). The summed E-state index contributed by atoms with van der Waals surface area (Å²) in [5.74, 6) is 0.0384. The van der Waals surface area contributed by atoms with Crippen LogP contribution in [0.3, 0.4) is 0 Å². The van der Waals surface area contributed by atoms with Gasteiger partial charge in [0.25, 0.3) is 0 Å². The number of fused-ring (bicyclic) bond motifs is 2. The number of urea groups is 1. The van der Waals surface area contributed by atoms with E-state index in [0.717, 1.165) is 55.7 Å². The van der Waals surface area contributed by atoms with E-state index in [0.29, 0.717) is 12.1 Å². The maximum Gasteiger partial charge on any atom is 0.333 e. The van der Waals surface area contributed by atoms with Gasteiger partial charge in [0.15, 0.2) is 0 Å². The quantitative estimate of drug-likeness (QED) is 0.216. The summed E-state index contributed by atoms with van der Waals surface area (Å²) < 4.78 is 0. The molecule has 2 N–H and O–H groups in total. The van der Waals surface area contributed by atoms with Crippen molar-refractivity contribution in [1.29, 1.82) is 0 Å². The largest absolute Gasteiger partial charge is 0.511 e. The van der Waals surface area contributed by atoms with E-state index in [-0.39, 0.29) is 11.8 Å². The summed E-state index contributed by atoms with van der Waals surface area (Å²) in [7, 11) is 1.79. The molecule has 1 aliphatic heterocycles. The fourth-order valence-corrected chi connectivity index (χ4v) is 5.33. The molecule has 5 nitrogen and oxygen atoms in total. The molecule has 0 spiro atoms. The molecule has 1 unspecified atom stereocenters. The lowest BCUT2D eigenvalue weighted by atomic mass is 9.98. The Morgan fingerprint density at radius 3 is 1.98 bits per heavy atom. The van der Waals surface area contributed by atoms with Gasteiger partial charge in [-0.1, -0.05) is 102 Å². The Bertz CT molecular complexity index is 1620. The number of aryl methyl sites for hydroxylation is 2. The van der Waals surface area contributed by atoms with Gasteiger partial charge in [0.1, 0.15) is 5.76 Å². The summed E-state index contributed by atoms with van der Waals surface area (Å²) >= 11 is 0. The molecule has 1 aliphatic rings. The smallest absolute Gasteiger partial charge is 0.333 e. The number of carbonyl (C=O) groups excluding carboxylic acids is 1. The van der Waals surface area contributed by atoms with Gasteiger partial charge in [-0.3, -0.25) is 9.80 Å². The summed E-state index contributed by atoms with van der Waals surface area (Å²) in [6.45, 7) is 24.4. The predicted molar refractivity (Wildman–Crippen MR) is 186 cm³/mol. The van der Waals surface area contributed by atoms with Gasteiger partial charge in [0.05, 0.1) is 23.1 Å². The van der Waals surface area contributed by atoms with Gasteiger partial charge in [-0.15, -0.1) is 0 Å². The van der Waals surface area contributed by atoms with Crippen LogP contribution in [0.4, 0.5) is 16.2 Å². The first-order chi connectivity index (χ1) is 20.7. The third-order valence-electron chi connectivity index (χ3n) is 7.45. The molecule has 1 heterocycles. The average molecular weight is 576 g/mol. The lowest BCUT2D eigenvalue weighted by molar-refractivity contribution is 0.254. The molecule has 0 radical (unpaired) electrons. The molecule has 43 heavy (non-hydrogen) atoms. The maximum absolute atomic E-state index is 13.4. The van der Waals surface area contributed by atoms with Gasteiger partial charge in [-0.2, -0.15) is 0 Å². The van der Waals surface area contributed by atoms with E-state index < -0.39 is 6.04 Å². The Kier molecular flexibility index (Phi) is 11.0. The summed E-state index contributed by atoms with van der Waals surface area (Å²) in [5, 5.41) is 15.9. The highest BCUT2D eigenvalue weighted by Gasteiger charge is 2.32. The van der Waals surface area contributed by atoms with E-state index in [4.69, 9.17) is 0 Å². The molecule has 224 valence electrons. The lowest BCUT2D eigenvalue weighted by Gasteiger charge is -2.36. The number of nitrogens with zero attached hydrogens (tertiary/aromatic N) is 2. The van der Waals surface area contributed by atoms with Gasteiger partial charge >= 0.3 is 6.03 Å². The summed E-state index contributed by atoms with van der Waals surface area (Å²) in [6.07, 6.45) is 0.503. The summed E-state index contributed by atoms with van der Waals surface area (Å²) in [6, 6.07) is 25.5. The van der Waals surface area contributed by atoms with Crippen LogP contribution in [0.5, 0.6) is 0 Å². The molecular formula is C38H45N3O2. The van der Waals surface area contributed by atoms with Crippen LogP contribution < -0.4 is 15.1 Å². The van der Waals surface area contributed by atoms with Crippen molar-refractivity contribution in [3.8, 4) is 0 Å². The van der Waals surface area contributed by atoms with Gasteiger partial charge < -0.3 is 10.4 Å². The SMILES string of the molecule is C=C(NC(Cc1ccc(N2C(=C)c3cc4ccccc4cc3N(C)C2=O)cc1)C(=C)O)c1c(C)cccc1C.CC.CC. The molecule has 0 saturated heterocycles.